The van der Waals surface area contributed by atoms with Crippen molar-refractivity contribution in [2.45, 2.75) is 52.6 Å². The Morgan fingerprint density at radius 2 is 1.67 bits per heavy atom. The third kappa shape index (κ3) is 6.92. The first-order valence-corrected chi connectivity index (χ1v) is 10.2. The number of para-hydroxylation sites is 1. The predicted octanol–water partition coefficient (Wildman–Crippen LogP) is 3.74. The number of ether oxygens (including phenoxy) is 1. The number of hydrogen-bond donors (Lipinski definition) is 3. The molecule has 1 unspecified atom stereocenters. The van der Waals surface area contributed by atoms with E-state index in [1.807, 2.05) is 39.0 Å². The van der Waals surface area contributed by atoms with Gasteiger partial charge in [0.05, 0.1) is 0 Å². The fourth-order valence-corrected chi connectivity index (χ4v) is 2.70. The maximum absolute atomic E-state index is 12.4. The molecule has 0 radical (unpaired) electrons. The molecule has 2 aromatic carbocycles. The van der Waals surface area contributed by atoms with Crippen molar-refractivity contribution in [3.05, 3.63) is 59.7 Å². The summed E-state index contributed by atoms with van der Waals surface area (Å²) in [7, 11) is 0. The molecule has 3 amide bonds. The average Bonchev–Trinajstić information content (AvgIpc) is 2.75. The SMILES string of the molecule is CCCCC(=O)Nc1ccc(C(=O)NNC(=O)C(CC)Oc2ccccc2C)cc1. The van der Waals surface area contributed by atoms with Crippen LogP contribution >= 0.6 is 0 Å². The number of rotatable bonds is 9. The minimum atomic E-state index is -0.730. The Labute approximate surface area is 177 Å². The lowest BCUT2D eigenvalue weighted by atomic mass is 10.2. The Bertz CT molecular complexity index is 865. The number of anilines is 1. The molecule has 0 saturated carbocycles. The highest BCUT2D eigenvalue weighted by molar-refractivity contribution is 5.97. The molecule has 0 aliphatic carbocycles. The van der Waals surface area contributed by atoms with Crippen LogP contribution in [0.1, 0.15) is 55.5 Å². The fourth-order valence-electron chi connectivity index (χ4n) is 2.70. The topological polar surface area (TPSA) is 96.5 Å². The molecule has 7 heteroatoms. The first-order chi connectivity index (χ1) is 14.4. The van der Waals surface area contributed by atoms with Gasteiger partial charge in [-0.25, -0.2) is 0 Å². The van der Waals surface area contributed by atoms with E-state index in [2.05, 4.69) is 16.2 Å². The van der Waals surface area contributed by atoms with Crippen LogP contribution in [0.5, 0.6) is 5.75 Å². The molecule has 0 aliphatic heterocycles. The van der Waals surface area contributed by atoms with Gasteiger partial charge in [0.2, 0.25) is 5.91 Å². The number of hydrogen-bond acceptors (Lipinski definition) is 4. The highest BCUT2D eigenvalue weighted by atomic mass is 16.5. The van der Waals surface area contributed by atoms with Gasteiger partial charge in [0.1, 0.15) is 5.75 Å². The molecule has 7 nitrogen and oxygen atoms in total. The number of aryl methyl sites for hydroxylation is 1. The molecule has 0 aromatic heterocycles. The summed E-state index contributed by atoms with van der Waals surface area (Å²) >= 11 is 0. The molecule has 0 spiro atoms. The Morgan fingerprint density at radius 3 is 2.30 bits per heavy atom. The van der Waals surface area contributed by atoms with Gasteiger partial charge >= 0.3 is 0 Å². The van der Waals surface area contributed by atoms with Gasteiger partial charge in [-0.1, -0.05) is 38.5 Å². The normalized spacial score (nSPS) is 11.3. The average molecular weight is 412 g/mol. The smallest absolute Gasteiger partial charge is 0.279 e. The van der Waals surface area contributed by atoms with E-state index in [9.17, 15) is 14.4 Å². The van der Waals surface area contributed by atoms with Gasteiger partial charge in [-0.05, 0) is 55.7 Å². The largest absolute Gasteiger partial charge is 0.480 e. The second-order valence-corrected chi connectivity index (χ2v) is 6.95. The summed E-state index contributed by atoms with van der Waals surface area (Å²) in [5, 5.41) is 2.79. The molecule has 2 aromatic rings. The van der Waals surface area contributed by atoms with Crippen LogP contribution in [-0.4, -0.2) is 23.8 Å². The molecule has 0 bridgehead atoms. The van der Waals surface area contributed by atoms with Crippen molar-refractivity contribution < 1.29 is 19.1 Å². The van der Waals surface area contributed by atoms with Crippen LogP contribution in [0.15, 0.2) is 48.5 Å². The lowest BCUT2D eigenvalue weighted by Crippen LogP contribution is -2.48. The lowest BCUT2D eigenvalue weighted by Gasteiger charge is -2.18. The van der Waals surface area contributed by atoms with Gasteiger partial charge < -0.3 is 10.1 Å². The monoisotopic (exact) mass is 411 g/mol. The van der Waals surface area contributed by atoms with E-state index < -0.39 is 17.9 Å². The fraction of sp³-hybridized carbons (Fsp3) is 0.348. The standard InChI is InChI=1S/C23H29N3O4/c1-4-6-11-21(27)24-18-14-12-17(13-15-18)22(28)25-26-23(29)19(5-2)30-20-10-8-7-9-16(20)3/h7-10,12-15,19H,4-6,11H2,1-3H3,(H,24,27)(H,25,28)(H,26,29). The zero-order valence-corrected chi connectivity index (χ0v) is 17.7. The number of benzene rings is 2. The summed E-state index contributed by atoms with van der Waals surface area (Å²) in [6, 6.07) is 13.9. The first kappa shape index (κ1) is 22.9. The van der Waals surface area contributed by atoms with Gasteiger partial charge in [0.25, 0.3) is 11.8 Å². The third-order valence-electron chi connectivity index (χ3n) is 4.51. The van der Waals surface area contributed by atoms with Crippen LogP contribution in [0.4, 0.5) is 5.69 Å². The van der Waals surface area contributed by atoms with Gasteiger partial charge in [-0.2, -0.15) is 0 Å². The molecule has 30 heavy (non-hydrogen) atoms. The molecular weight excluding hydrogens is 382 g/mol. The van der Waals surface area contributed by atoms with E-state index >= 15 is 0 Å². The van der Waals surface area contributed by atoms with Crippen molar-refractivity contribution in [1.29, 1.82) is 0 Å². The molecule has 0 heterocycles. The predicted molar refractivity (Wildman–Crippen MR) is 116 cm³/mol. The molecule has 3 N–H and O–H groups in total. The van der Waals surface area contributed by atoms with E-state index in [0.29, 0.717) is 29.8 Å². The zero-order valence-electron chi connectivity index (χ0n) is 17.7. The van der Waals surface area contributed by atoms with E-state index in [1.165, 1.54) is 0 Å². The van der Waals surface area contributed by atoms with Crippen molar-refractivity contribution in [1.82, 2.24) is 10.9 Å². The number of amides is 3. The van der Waals surface area contributed by atoms with E-state index in [4.69, 9.17) is 4.74 Å². The Kier molecular flexibility index (Phi) is 8.87. The summed E-state index contributed by atoms with van der Waals surface area (Å²) in [6.07, 6.45) is 1.97. The van der Waals surface area contributed by atoms with Crippen LogP contribution in [-0.2, 0) is 9.59 Å². The van der Waals surface area contributed by atoms with Gasteiger partial charge in [0.15, 0.2) is 6.10 Å². The summed E-state index contributed by atoms with van der Waals surface area (Å²) in [4.78, 5) is 36.4. The molecule has 0 fully saturated rings. The number of carbonyl (C=O) groups is 3. The molecule has 1 atom stereocenters. The highest BCUT2D eigenvalue weighted by Gasteiger charge is 2.20. The minimum Gasteiger partial charge on any atom is -0.480 e. The number of nitrogens with one attached hydrogen (secondary N) is 3. The maximum Gasteiger partial charge on any atom is 0.279 e. The Balaban J connectivity index is 1.87. The third-order valence-corrected chi connectivity index (χ3v) is 4.51. The summed E-state index contributed by atoms with van der Waals surface area (Å²) in [6.45, 7) is 5.76. The highest BCUT2D eigenvalue weighted by Crippen LogP contribution is 2.18. The number of unbranched alkanes of at least 4 members (excludes halogenated alkanes) is 1. The van der Waals surface area contributed by atoms with Crippen LogP contribution in [0.3, 0.4) is 0 Å². The molecule has 0 saturated heterocycles. The van der Waals surface area contributed by atoms with Crippen molar-refractivity contribution in [3.63, 3.8) is 0 Å². The number of carbonyl (C=O) groups excluding carboxylic acids is 3. The summed E-state index contributed by atoms with van der Waals surface area (Å²) in [5.41, 5.74) is 6.71. The Hall–Kier alpha value is -3.35. The van der Waals surface area contributed by atoms with Gasteiger partial charge in [-0.15, -0.1) is 0 Å². The first-order valence-electron chi connectivity index (χ1n) is 10.2. The van der Waals surface area contributed by atoms with E-state index in [1.54, 1.807) is 30.3 Å². The van der Waals surface area contributed by atoms with Crippen molar-refractivity contribution >= 4 is 23.4 Å². The Morgan fingerprint density at radius 1 is 0.967 bits per heavy atom. The van der Waals surface area contributed by atoms with E-state index in [0.717, 1.165) is 18.4 Å². The van der Waals surface area contributed by atoms with Crippen molar-refractivity contribution in [2.24, 2.45) is 0 Å². The van der Waals surface area contributed by atoms with Gasteiger partial charge in [0, 0.05) is 17.7 Å². The van der Waals surface area contributed by atoms with Crippen LogP contribution in [0, 0.1) is 6.92 Å². The van der Waals surface area contributed by atoms with Crippen molar-refractivity contribution in [3.8, 4) is 5.75 Å². The van der Waals surface area contributed by atoms with Crippen molar-refractivity contribution in [2.75, 3.05) is 5.32 Å². The zero-order chi connectivity index (χ0) is 21.9. The minimum absolute atomic E-state index is 0.0550. The molecule has 0 aliphatic rings. The van der Waals surface area contributed by atoms with Crippen LogP contribution in [0.2, 0.25) is 0 Å². The van der Waals surface area contributed by atoms with Crippen LogP contribution in [0.25, 0.3) is 0 Å². The van der Waals surface area contributed by atoms with Gasteiger partial charge in [-0.3, -0.25) is 25.2 Å². The molecule has 160 valence electrons. The number of hydrazine groups is 1. The quantitative estimate of drug-likeness (QED) is 0.548. The lowest BCUT2D eigenvalue weighted by molar-refractivity contribution is -0.128. The maximum atomic E-state index is 12.4. The second-order valence-electron chi connectivity index (χ2n) is 6.95. The summed E-state index contributed by atoms with van der Waals surface area (Å²) in [5.74, 6) is -0.324. The molecular formula is C23H29N3O4. The second kappa shape index (κ2) is 11.6. The van der Waals surface area contributed by atoms with E-state index in [-0.39, 0.29) is 5.91 Å². The molecule has 2 rings (SSSR count). The summed E-state index contributed by atoms with van der Waals surface area (Å²) < 4.78 is 5.77. The van der Waals surface area contributed by atoms with Crippen LogP contribution < -0.4 is 20.9 Å².